The number of phenols is 2. The predicted molar refractivity (Wildman–Crippen MR) is 104 cm³/mol. The minimum Gasteiger partial charge on any atom is -0.508 e. The fraction of sp³-hybridized carbons (Fsp3) is 0.318. The summed E-state index contributed by atoms with van der Waals surface area (Å²) in [5, 5.41) is 23.8. The van der Waals surface area contributed by atoms with Crippen LogP contribution in [0.2, 0.25) is 0 Å². The first-order valence-electron chi connectivity index (χ1n) is 9.81. The van der Waals surface area contributed by atoms with Crippen LogP contribution < -0.4 is 4.90 Å². The van der Waals surface area contributed by atoms with Gasteiger partial charge in [0.2, 0.25) is 11.8 Å². The number of carbonyl (C=O) groups is 2. The van der Waals surface area contributed by atoms with Crippen LogP contribution in [0.15, 0.2) is 47.6 Å². The lowest BCUT2D eigenvalue weighted by Gasteiger charge is -2.26. The number of nitrogens with zero attached hydrogens (tertiary/aromatic N) is 2. The van der Waals surface area contributed by atoms with Gasteiger partial charge < -0.3 is 19.8 Å². The highest BCUT2D eigenvalue weighted by Crippen LogP contribution is 2.55. The molecule has 0 unspecified atom stereocenters. The van der Waals surface area contributed by atoms with Crippen molar-refractivity contribution in [2.75, 3.05) is 4.90 Å². The van der Waals surface area contributed by atoms with E-state index in [4.69, 9.17) is 9.57 Å². The molecule has 2 N–H and O–H groups in total. The van der Waals surface area contributed by atoms with Gasteiger partial charge in [-0.1, -0.05) is 22.9 Å². The lowest BCUT2D eigenvalue weighted by molar-refractivity contribution is -0.125. The Balaban J connectivity index is 1.36. The lowest BCUT2D eigenvalue weighted by atomic mass is 9.71. The summed E-state index contributed by atoms with van der Waals surface area (Å²) in [6.07, 6.45) is -1.60. The van der Waals surface area contributed by atoms with E-state index in [1.807, 2.05) is 19.1 Å². The van der Waals surface area contributed by atoms with Gasteiger partial charge in [-0.15, -0.1) is 0 Å². The molecule has 2 aromatic rings. The molecule has 30 heavy (non-hydrogen) atoms. The number of phenolic OH excluding ortho intramolecular Hbond substituents is 2. The molecule has 2 amide bonds. The van der Waals surface area contributed by atoms with Crippen LogP contribution >= 0.6 is 0 Å². The molecule has 2 aromatic carbocycles. The number of carbonyl (C=O) groups excluding carboxylic acids is 2. The number of anilines is 1. The first kappa shape index (κ1) is 17.5. The molecular weight excluding hydrogens is 388 g/mol. The number of oxime groups is 1. The number of hydrogen-bond donors (Lipinski definition) is 2. The van der Waals surface area contributed by atoms with Gasteiger partial charge in [-0.05, 0) is 31.2 Å². The van der Waals surface area contributed by atoms with Crippen LogP contribution in [0, 0.1) is 24.7 Å². The van der Waals surface area contributed by atoms with Gasteiger partial charge >= 0.3 is 0 Å². The van der Waals surface area contributed by atoms with E-state index < -0.39 is 30.1 Å². The Bertz CT molecular complexity index is 1110. The van der Waals surface area contributed by atoms with Gasteiger partial charge in [0.15, 0.2) is 6.10 Å². The highest BCUT2D eigenvalue weighted by Gasteiger charge is 2.72. The zero-order valence-electron chi connectivity index (χ0n) is 15.9. The molecule has 0 saturated carbocycles. The average molecular weight is 406 g/mol. The highest BCUT2D eigenvalue weighted by molar-refractivity contribution is 6.23. The first-order valence-corrected chi connectivity index (χ1v) is 9.81. The van der Waals surface area contributed by atoms with E-state index >= 15 is 0 Å². The van der Waals surface area contributed by atoms with Gasteiger partial charge in [0.05, 0.1) is 35.3 Å². The van der Waals surface area contributed by atoms with E-state index in [0.29, 0.717) is 17.0 Å². The second-order valence-electron chi connectivity index (χ2n) is 8.27. The zero-order chi connectivity index (χ0) is 20.7. The lowest BCUT2D eigenvalue weighted by Crippen LogP contribution is -2.45. The largest absolute Gasteiger partial charge is 0.508 e. The topological polar surface area (TPSA) is 109 Å². The first-order chi connectivity index (χ1) is 14.4. The van der Waals surface area contributed by atoms with Crippen molar-refractivity contribution in [1.29, 1.82) is 0 Å². The monoisotopic (exact) mass is 406 g/mol. The number of fused-ring (bicyclic) bond motifs is 8. The van der Waals surface area contributed by atoms with Crippen LogP contribution in [0.25, 0.3) is 0 Å². The van der Waals surface area contributed by atoms with E-state index in [9.17, 15) is 19.8 Å². The Morgan fingerprint density at radius 1 is 0.867 bits per heavy atom. The zero-order valence-corrected chi connectivity index (χ0v) is 15.9. The van der Waals surface area contributed by atoms with Crippen LogP contribution in [0.4, 0.5) is 5.69 Å². The normalized spacial score (nSPS) is 33.5. The highest BCUT2D eigenvalue weighted by atomic mass is 16.7. The summed E-state index contributed by atoms with van der Waals surface area (Å²) in [4.78, 5) is 33.3. The second kappa shape index (κ2) is 5.82. The van der Waals surface area contributed by atoms with E-state index in [1.165, 1.54) is 23.1 Å². The smallest absolute Gasteiger partial charge is 0.240 e. The van der Waals surface area contributed by atoms with Gasteiger partial charge in [0.1, 0.15) is 17.6 Å². The van der Waals surface area contributed by atoms with Crippen molar-refractivity contribution in [3.63, 3.8) is 0 Å². The molecule has 0 radical (unpaired) electrons. The van der Waals surface area contributed by atoms with E-state index in [1.54, 1.807) is 12.1 Å². The molecule has 0 aromatic heterocycles. The molecule has 2 bridgehead atoms. The van der Waals surface area contributed by atoms with E-state index in [2.05, 4.69) is 5.16 Å². The average Bonchev–Trinajstić information content (AvgIpc) is 3.42. The van der Waals surface area contributed by atoms with Crippen LogP contribution in [0.1, 0.15) is 11.1 Å². The van der Waals surface area contributed by atoms with Crippen molar-refractivity contribution in [1.82, 2.24) is 0 Å². The second-order valence-corrected chi connectivity index (χ2v) is 8.27. The summed E-state index contributed by atoms with van der Waals surface area (Å²) >= 11 is 0. The number of aromatic hydroxyl groups is 2. The van der Waals surface area contributed by atoms with Gasteiger partial charge in [0, 0.05) is 11.6 Å². The van der Waals surface area contributed by atoms with Gasteiger partial charge in [-0.3, -0.25) is 9.59 Å². The standard InChI is InChI=1S/C22H18N2O6/c1-9-2-4-11(5-3-9)24-21(27)14-15(22(24)28)19-20-16(18(14)29-19)17(23-30-20)10-6-12(25)8-13(26)7-10/h2-8,14-16,18-20,25-26H,1H3/t14-,15+,16-,18-,19+,20-/m1/s1. The summed E-state index contributed by atoms with van der Waals surface area (Å²) in [5.41, 5.74) is 2.60. The molecule has 3 saturated heterocycles. The molecule has 8 heteroatoms. The third-order valence-corrected chi connectivity index (χ3v) is 6.53. The van der Waals surface area contributed by atoms with Crippen LogP contribution in [-0.2, 0) is 19.2 Å². The Labute approximate surface area is 171 Å². The SMILES string of the molecule is Cc1ccc(N2C(=O)[C@@H]3[C@@H]4O[C@@H]([C@H]5C(c6cc(O)cc(O)c6)=NO[C@@H]45)[C@@H]3C2=O)cc1. The summed E-state index contributed by atoms with van der Waals surface area (Å²) in [6.45, 7) is 1.94. The summed E-state index contributed by atoms with van der Waals surface area (Å²) in [7, 11) is 0. The predicted octanol–water partition coefficient (Wildman–Crippen LogP) is 1.71. The van der Waals surface area contributed by atoms with Gasteiger partial charge in [-0.25, -0.2) is 4.90 Å². The Morgan fingerprint density at radius 2 is 1.50 bits per heavy atom. The molecule has 4 heterocycles. The Morgan fingerprint density at radius 3 is 2.17 bits per heavy atom. The molecule has 6 atom stereocenters. The third-order valence-electron chi connectivity index (χ3n) is 6.53. The summed E-state index contributed by atoms with van der Waals surface area (Å²) in [5.74, 6) is -2.31. The number of rotatable bonds is 2. The molecule has 4 aliphatic heterocycles. The maximum absolute atomic E-state index is 13.3. The van der Waals surface area contributed by atoms with Crippen LogP contribution in [-0.4, -0.2) is 46.1 Å². The molecular formula is C22H18N2O6. The van der Waals surface area contributed by atoms with Crippen molar-refractivity contribution in [3.05, 3.63) is 53.6 Å². The van der Waals surface area contributed by atoms with E-state index in [0.717, 1.165) is 5.56 Å². The van der Waals surface area contributed by atoms with Crippen molar-refractivity contribution in [2.24, 2.45) is 22.9 Å². The minimum absolute atomic E-state index is 0.101. The van der Waals surface area contributed by atoms with E-state index in [-0.39, 0.29) is 29.2 Å². The van der Waals surface area contributed by atoms with Crippen molar-refractivity contribution < 1.29 is 29.4 Å². The van der Waals surface area contributed by atoms with Gasteiger partial charge in [-0.2, -0.15) is 0 Å². The Hall–Kier alpha value is -3.39. The summed E-state index contributed by atoms with van der Waals surface area (Å²) < 4.78 is 6.06. The number of amides is 2. The number of hydrogen-bond acceptors (Lipinski definition) is 7. The quantitative estimate of drug-likeness (QED) is 0.735. The number of imide groups is 1. The van der Waals surface area contributed by atoms with Crippen molar-refractivity contribution in [3.8, 4) is 11.5 Å². The molecule has 8 nitrogen and oxygen atoms in total. The minimum atomic E-state index is -0.608. The molecule has 0 aliphatic carbocycles. The van der Waals surface area contributed by atoms with Crippen LogP contribution in [0.5, 0.6) is 11.5 Å². The maximum Gasteiger partial charge on any atom is 0.240 e. The fourth-order valence-electron chi connectivity index (χ4n) is 5.29. The van der Waals surface area contributed by atoms with Gasteiger partial charge in [0.25, 0.3) is 0 Å². The molecule has 152 valence electrons. The number of ether oxygens (including phenoxy) is 1. The molecule has 4 aliphatic rings. The van der Waals surface area contributed by atoms with Crippen molar-refractivity contribution in [2.45, 2.75) is 25.2 Å². The summed E-state index contributed by atoms with van der Waals surface area (Å²) in [6, 6.07) is 11.5. The molecule has 6 rings (SSSR count). The third kappa shape index (κ3) is 2.16. The number of benzene rings is 2. The van der Waals surface area contributed by atoms with Crippen molar-refractivity contribution >= 4 is 23.2 Å². The number of aryl methyl sites for hydroxylation is 1. The van der Waals surface area contributed by atoms with Crippen LogP contribution in [0.3, 0.4) is 0 Å². The Kier molecular flexibility index (Phi) is 3.39. The fourth-order valence-corrected chi connectivity index (χ4v) is 5.29. The molecule has 0 spiro atoms. The molecule has 3 fully saturated rings. The maximum atomic E-state index is 13.3.